The van der Waals surface area contributed by atoms with E-state index < -0.39 is 0 Å². The molecule has 8 nitrogen and oxygen atoms in total. The summed E-state index contributed by atoms with van der Waals surface area (Å²) in [5, 5.41) is 18.0. The fourth-order valence-corrected chi connectivity index (χ4v) is 4.64. The van der Waals surface area contributed by atoms with Crippen LogP contribution in [0.5, 0.6) is 5.75 Å². The minimum absolute atomic E-state index is 0.276. The van der Waals surface area contributed by atoms with E-state index in [9.17, 15) is 0 Å². The average Bonchev–Trinajstić information content (AvgIpc) is 3.49. The van der Waals surface area contributed by atoms with Crippen LogP contribution in [0, 0.1) is 0 Å². The number of piperidine rings is 1. The Bertz CT molecular complexity index is 1170. The van der Waals surface area contributed by atoms with Crippen LogP contribution in [-0.2, 0) is 12.0 Å². The van der Waals surface area contributed by atoms with Gasteiger partial charge < -0.3 is 19.9 Å². The molecule has 0 bridgehead atoms. The highest BCUT2D eigenvalue weighted by atomic mass is 16.5. The number of nitrogens with one attached hydrogen (secondary N) is 2. The van der Waals surface area contributed by atoms with Crippen molar-refractivity contribution < 1.29 is 4.74 Å². The number of fused-ring (bicyclic) bond motifs is 1. The lowest BCUT2D eigenvalue weighted by atomic mass is 9.86. The van der Waals surface area contributed by atoms with Gasteiger partial charge in [-0.25, -0.2) is 0 Å². The molecule has 0 aliphatic carbocycles. The predicted molar refractivity (Wildman–Crippen MR) is 124 cm³/mol. The molecule has 1 aliphatic rings. The lowest BCUT2D eigenvalue weighted by Gasteiger charge is -2.40. The van der Waals surface area contributed by atoms with Crippen LogP contribution in [0.4, 0.5) is 0 Å². The number of nitrogens with zero attached hydrogens (tertiary/aromatic N) is 5. The van der Waals surface area contributed by atoms with E-state index >= 15 is 0 Å². The molecule has 8 heteroatoms. The minimum atomic E-state index is -0.276. The number of hydrogen-bond acceptors (Lipinski definition) is 6. The number of likely N-dealkylation sites (tertiary alicyclic amines) is 1. The largest absolute Gasteiger partial charge is 0.497 e. The fraction of sp³-hybridized carbons (Fsp3) is 0.375. The van der Waals surface area contributed by atoms with Gasteiger partial charge in [0, 0.05) is 36.7 Å². The molecule has 1 saturated heterocycles. The molecule has 0 unspecified atom stereocenters. The molecule has 5 rings (SSSR count). The van der Waals surface area contributed by atoms with Gasteiger partial charge in [0.05, 0.1) is 18.3 Å². The highest BCUT2D eigenvalue weighted by Gasteiger charge is 2.40. The van der Waals surface area contributed by atoms with Crippen molar-refractivity contribution in [3.63, 3.8) is 0 Å². The summed E-state index contributed by atoms with van der Waals surface area (Å²) in [5.74, 6) is 1.68. The number of tetrazole rings is 1. The molecule has 166 valence electrons. The Kier molecular flexibility index (Phi) is 5.63. The Morgan fingerprint density at radius 1 is 1.09 bits per heavy atom. The van der Waals surface area contributed by atoms with E-state index in [0.717, 1.165) is 56.2 Å². The Labute approximate surface area is 187 Å². The number of para-hydroxylation sites is 1. The highest BCUT2D eigenvalue weighted by Crippen LogP contribution is 2.32. The van der Waals surface area contributed by atoms with Crippen molar-refractivity contribution in [2.75, 3.05) is 33.8 Å². The van der Waals surface area contributed by atoms with E-state index in [2.05, 4.69) is 68.2 Å². The SMILES string of the molecule is COc1ccc(-n2nnnc2C2(NCCc3c[nH]c4ccccc34)CCN(C)CC2)cc1. The summed E-state index contributed by atoms with van der Waals surface area (Å²) >= 11 is 0. The molecule has 0 saturated carbocycles. The molecule has 2 aromatic carbocycles. The van der Waals surface area contributed by atoms with E-state index in [1.807, 2.05) is 28.9 Å². The molecule has 0 atom stereocenters. The molecule has 32 heavy (non-hydrogen) atoms. The molecule has 0 amide bonds. The number of methoxy groups -OCH3 is 1. The zero-order valence-electron chi connectivity index (χ0n) is 18.6. The van der Waals surface area contributed by atoms with E-state index in [-0.39, 0.29) is 5.54 Å². The zero-order valence-corrected chi connectivity index (χ0v) is 18.6. The summed E-state index contributed by atoms with van der Waals surface area (Å²) in [6, 6.07) is 16.3. The first kappa shape index (κ1) is 20.7. The Balaban J connectivity index is 1.41. The van der Waals surface area contributed by atoms with Crippen molar-refractivity contribution >= 4 is 10.9 Å². The van der Waals surface area contributed by atoms with Crippen molar-refractivity contribution in [1.82, 2.24) is 35.4 Å². The number of benzene rings is 2. The van der Waals surface area contributed by atoms with Crippen molar-refractivity contribution in [1.29, 1.82) is 0 Å². The number of H-pyrrole nitrogens is 1. The summed E-state index contributed by atoms with van der Waals surface area (Å²) in [6.45, 7) is 2.84. The van der Waals surface area contributed by atoms with Crippen LogP contribution < -0.4 is 10.1 Å². The van der Waals surface area contributed by atoms with Crippen LogP contribution >= 0.6 is 0 Å². The first-order valence-corrected chi connectivity index (χ1v) is 11.1. The molecular formula is C24H29N7O. The van der Waals surface area contributed by atoms with Gasteiger partial charge in [0.1, 0.15) is 5.75 Å². The summed E-state index contributed by atoms with van der Waals surface area (Å²) in [6.07, 6.45) is 4.96. The maximum Gasteiger partial charge on any atom is 0.176 e. The number of aromatic amines is 1. The molecule has 3 heterocycles. The molecule has 4 aromatic rings. The van der Waals surface area contributed by atoms with Crippen molar-refractivity contribution in [3.8, 4) is 11.4 Å². The second-order valence-corrected chi connectivity index (χ2v) is 8.53. The molecule has 1 aliphatic heterocycles. The van der Waals surface area contributed by atoms with Crippen LogP contribution in [0.15, 0.2) is 54.7 Å². The third kappa shape index (κ3) is 3.87. The summed E-state index contributed by atoms with van der Waals surface area (Å²) < 4.78 is 7.17. The first-order valence-electron chi connectivity index (χ1n) is 11.1. The van der Waals surface area contributed by atoms with Crippen LogP contribution in [-0.4, -0.2) is 63.9 Å². The van der Waals surface area contributed by atoms with Gasteiger partial charge in [-0.05, 0) is 72.6 Å². The van der Waals surface area contributed by atoms with E-state index in [1.165, 1.54) is 16.5 Å². The highest BCUT2D eigenvalue weighted by molar-refractivity contribution is 5.83. The molecule has 2 aromatic heterocycles. The van der Waals surface area contributed by atoms with Gasteiger partial charge in [-0.2, -0.15) is 4.68 Å². The second-order valence-electron chi connectivity index (χ2n) is 8.53. The second kappa shape index (κ2) is 8.72. The molecule has 2 N–H and O–H groups in total. The minimum Gasteiger partial charge on any atom is -0.497 e. The summed E-state index contributed by atoms with van der Waals surface area (Å²) in [5.41, 5.74) is 3.16. The topological polar surface area (TPSA) is 83.9 Å². The van der Waals surface area contributed by atoms with Crippen LogP contribution in [0.3, 0.4) is 0 Å². The van der Waals surface area contributed by atoms with Crippen LogP contribution in [0.25, 0.3) is 16.6 Å². The Hall–Kier alpha value is -3.23. The molecule has 0 spiro atoms. The number of aromatic nitrogens is 5. The lowest BCUT2D eigenvalue weighted by Crippen LogP contribution is -2.52. The first-order chi connectivity index (χ1) is 15.7. The maximum absolute atomic E-state index is 5.30. The van der Waals surface area contributed by atoms with Gasteiger partial charge in [-0.1, -0.05) is 18.2 Å². The van der Waals surface area contributed by atoms with Gasteiger partial charge in [-0.15, -0.1) is 5.10 Å². The van der Waals surface area contributed by atoms with Gasteiger partial charge >= 0.3 is 0 Å². The Morgan fingerprint density at radius 3 is 2.66 bits per heavy atom. The van der Waals surface area contributed by atoms with E-state index in [4.69, 9.17) is 4.74 Å². The quantitative estimate of drug-likeness (QED) is 0.468. The zero-order chi connectivity index (χ0) is 22.0. The fourth-order valence-electron chi connectivity index (χ4n) is 4.64. The normalized spacial score (nSPS) is 16.4. The van der Waals surface area contributed by atoms with Gasteiger partial charge in [0.15, 0.2) is 5.82 Å². The third-order valence-electron chi connectivity index (χ3n) is 6.59. The van der Waals surface area contributed by atoms with Gasteiger partial charge in [-0.3, -0.25) is 0 Å². The van der Waals surface area contributed by atoms with Gasteiger partial charge in [0.25, 0.3) is 0 Å². The predicted octanol–water partition coefficient (Wildman–Crippen LogP) is 2.91. The standard InChI is InChI=1S/C24H29N7O/c1-30-15-12-24(13-16-30,26-14-11-18-17-25-22-6-4-3-5-21(18)22)23-27-28-29-31(23)19-7-9-20(32-2)10-8-19/h3-10,17,25-26H,11-16H2,1-2H3. The average molecular weight is 432 g/mol. The summed E-state index contributed by atoms with van der Waals surface area (Å²) in [4.78, 5) is 5.74. The third-order valence-corrected chi connectivity index (χ3v) is 6.59. The number of rotatable bonds is 7. The van der Waals surface area contributed by atoms with Crippen molar-refractivity contribution in [2.24, 2.45) is 0 Å². The summed E-state index contributed by atoms with van der Waals surface area (Å²) in [7, 11) is 3.84. The van der Waals surface area contributed by atoms with Crippen molar-refractivity contribution in [2.45, 2.75) is 24.8 Å². The van der Waals surface area contributed by atoms with Gasteiger partial charge in [0.2, 0.25) is 0 Å². The van der Waals surface area contributed by atoms with E-state index in [1.54, 1.807) is 7.11 Å². The van der Waals surface area contributed by atoms with Crippen molar-refractivity contribution in [3.05, 3.63) is 66.1 Å². The molecule has 0 radical (unpaired) electrons. The number of ether oxygens (including phenoxy) is 1. The molecular weight excluding hydrogens is 402 g/mol. The smallest absolute Gasteiger partial charge is 0.176 e. The lowest BCUT2D eigenvalue weighted by molar-refractivity contribution is 0.147. The van der Waals surface area contributed by atoms with Crippen LogP contribution in [0.1, 0.15) is 24.2 Å². The monoisotopic (exact) mass is 431 g/mol. The maximum atomic E-state index is 5.30. The molecule has 1 fully saturated rings. The van der Waals surface area contributed by atoms with E-state index in [0.29, 0.717) is 0 Å². The number of hydrogen-bond donors (Lipinski definition) is 2. The Morgan fingerprint density at radius 2 is 1.88 bits per heavy atom. The van der Waals surface area contributed by atoms with Crippen LogP contribution in [0.2, 0.25) is 0 Å².